The number of ether oxygens (including phenoxy) is 2. The van der Waals surface area contributed by atoms with Crippen molar-refractivity contribution in [3.63, 3.8) is 0 Å². The molecule has 2 rings (SSSR count). The van der Waals surface area contributed by atoms with Crippen molar-refractivity contribution in [2.75, 3.05) is 26.4 Å². The Morgan fingerprint density at radius 2 is 1.83 bits per heavy atom. The second-order valence-electron chi connectivity index (χ2n) is 6.17. The van der Waals surface area contributed by atoms with Gasteiger partial charge in [0.2, 0.25) is 0 Å². The Balaban J connectivity index is 1.43. The third kappa shape index (κ3) is 4.87. The van der Waals surface area contributed by atoms with Crippen molar-refractivity contribution in [3.8, 4) is 0 Å². The Morgan fingerprint density at radius 1 is 1.11 bits per heavy atom. The second kappa shape index (κ2) is 7.46. The summed E-state index contributed by atoms with van der Waals surface area (Å²) < 4.78 is 11.1. The van der Waals surface area contributed by atoms with E-state index in [0.29, 0.717) is 0 Å². The van der Waals surface area contributed by atoms with E-state index in [2.05, 4.69) is 0 Å². The molecule has 1 aliphatic heterocycles. The van der Waals surface area contributed by atoms with E-state index in [-0.39, 0.29) is 5.54 Å². The summed E-state index contributed by atoms with van der Waals surface area (Å²) in [5.74, 6) is 0.898. The van der Waals surface area contributed by atoms with Crippen LogP contribution in [0.3, 0.4) is 0 Å². The third-order valence-corrected chi connectivity index (χ3v) is 4.48. The molecule has 0 aromatic carbocycles. The van der Waals surface area contributed by atoms with Crippen molar-refractivity contribution in [3.05, 3.63) is 0 Å². The van der Waals surface area contributed by atoms with E-state index in [4.69, 9.17) is 15.2 Å². The van der Waals surface area contributed by atoms with E-state index in [0.717, 1.165) is 45.2 Å². The maximum absolute atomic E-state index is 6.25. The van der Waals surface area contributed by atoms with Gasteiger partial charge in [-0.3, -0.25) is 0 Å². The first-order valence-electron chi connectivity index (χ1n) is 7.73. The Hall–Kier alpha value is -0.120. The van der Waals surface area contributed by atoms with Crippen LogP contribution in [0, 0.1) is 5.92 Å². The second-order valence-corrected chi connectivity index (χ2v) is 6.17. The molecule has 1 saturated carbocycles. The third-order valence-electron chi connectivity index (χ3n) is 4.48. The Bertz CT molecular complexity index is 221. The topological polar surface area (TPSA) is 44.5 Å². The first-order chi connectivity index (χ1) is 8.79. The summed E-state index contributed by atoms with van der Waals surface area (Å²) >= 11 is 0. The van der Waals surface area contributed by atoms with Crippen LogP contribution in [0.5, 0.6) is 0 Å². The molecular weight excluding hydrogens is 226 g/mol. The fourth-order valence-corrected chi connectivity index (χ4v) is 3.17. The molecule has 1 aliphatic carbocycles. The van der Waals surface area contributed by atoms with Crippen LogP contribution in [0.25, 0.3) is 0 Å². The average molecular weight is 255 g/mol. The van der Waals surface area contributed by atoms with Crippen LogP contribution in [0.4, 0.5) is 0 Å². The van der Waals surface area contributed by atoms with Crippen molar-refractivity contribution in [2.45, 2.75) is 63.3 Å². The van der Waals surface area contributed by atoms with Crippen LogP contribution in [-0.4, -0.2) is 32.0 Å². The van der Waals surface area contributed by atoms with Gasteiger partial charge in [0.1, 0.15) is 0 Å². The van der Waals surface area contributed by atoms with E-state index in [9.17, 15) is 0 Å². The fraction of sp³-hybridized carbons (Fsp3) is 1.00. The van der Waals surface area contributed by atoms with Crippen molar-refractivity contribution >= 4 is 0 Å². The molecule has 0 spiro atoms. The van der Waals surface area contributed by atoms with E-state index < -0.39 is 0 Å². The summed E-state index contributed by atoms with van der Waals surface area (Å²) in [6.07, 6.45) is 11.2. The normalized spacial score (nSPS) is 24.5. The van der Waals surface area contributed by atoms with Crippen molar-refractivity contribution in [1.82, 2.24) is 0 Å². The highest BCUT2D eigenvalue weighted by Gasteiger charge is 2.29. The van der Waals surface area contributed by atoms with Crippen molar-refractivity contribution in [1.29, 1.82) is 0 Å². The van der Waals surface area contributed by atoms with Crippen LogP contribution >= 0.6 is 0 Å². The zero-order valence-corrected chi connectivity index (χ0v) is 11.7. The highest BCUT2D eigenvalue weighted by atomic mass is 16.5. The number of unbranched alkanes of at least 4 members (excludes halogenated alkanes) is 1. The van der Waals surface area contributed by atoms with E-state index in [1.54, 1.807) is 0 Å². The molecule has 3 nitrogen and oxygen atoms in total. The van der Waals surface area contributed by atoms with Gasteiger partial charge >= 0.3 is 0 Å². The van der Waals surface area contributed by atoms with E-state index >= 15 is 0 Å². The van der Waals surface area contributed by atoms with Crippen LogP contribution in [0.2, 0.25) is 0 Å². The number of hydrogen-bond donors (Lipinski definition) is 1. The molecular formula is C15H29NO2. The molecule has 2 aliphatic rings. The van der Waals surface area contributed by atoms with E-state index in [1.165, 1.54) is 44.9 Å². The smallest absolute Gasteiger partial charge is 0.0646 e. The molecule has 1 heterocycles. The molecule has 0 aromatic rings. The van der Waals surface area contributed by atoms with Gasteiger partial charge in [0.25, 0.3) is 0 Å². The monoisotopic (exact) mass is 255 g/mol. The predicted octanol–water partition coefficient (Wildman–Crippen LogP) is 2.87. The van der Waals surface area contributed by atoms with Gasteiger partial charge < -0.3 is 15.2 Å². The molecule has 0 aromatic heterocycles. The average Bonchev–Trinajstić information content (AvgIpc) is 2.82. The van der Waals surface area contributed by atoms with Gasteiger partial charge in [0.15, 0.2) is 0 Å². The summed E-state index contributed by atoms with van der Waals surface area (Å²) in [4.78, 5) is 0. The molecule has 0 amide bonds. The lowest BCUT2D eigenvalue weighted by atomic mass is 9.94. The number of nitrogens with two attached hydrogens (primary N) is 1. The molecule has 2 N–H and O–H groups in total. The molecule has 0 bridgehead atoms. The van der Waals surface area contributed by atoms with E-state index in [1.807, 2.05) is 0 Å². The minimum Gasteiger partial charge on any atom is -0.381 e. The van der Waals surface area contributed by atoms with Crippen LogP contribution in [0.15, 0.2) is 0 Å². The standard InChI is InChI=1S/C15H29NO2/c16-15(8-2-3-9-15)13-18-10-4-1-5-14-6-11-17-12-7-14/h14H,1-13,16H2. The van der Waals surface area contributed by atoms with Gasteiger partial charge in [-0.1, -0.05) is 25.7 Å². The minimum absolute atomic E-state index is 0.000703. The zero-order valence-electron chi connectivity index (χ0n) is 11.7. The van der Waals surface area contributed by atoms with Gasteiger partial charge in [0.05, 0.1) is 6.61 Å². The van der Waals surface area contributed by atoms with Crippen molar-refractivity contribution in [2.24, 2.45) is 11.7 Å². The highest BCUT2D eigenvalue weighted by Crippen LogP contribution is 2.27. The maximum Gasteiger partial charge on any atom is 0.0646 e. The molecule has 18 heavy (non-hydrogen) atoms. The minimum atomic E-state index is 0.000703. The number of hydrogen-bond acceptors (Lipinski definition) is 3. The number of rotatable bonds is 7. The van der Waals surface area contributed by atoms with Gasteiger partial charge in [0, 0.05) is 25.4 Å². The Morgan fingerprint density at radius 3 is 2.56 bits per heavy atom. The van der Waals surface area contributed by atoms with Crippen LogP contribution in [-0.2, 0) is 9.47 Å². The lowest BCUT2D eigenvalue weighted by Crippen LogP contribution is -2.41. The zero-order chi connectivity index (χ0) is 12.7. The molecule has 1 saturated heterocycles. The lowest BCUT2D eigenvalue weighted by Gasteiger charge is -2.23. The van der Waals surface area contributed by atoms with Crippen LogP contribution < -0.4 is 5.73 Å². The van der Waals surface area contributed by atoms with Gasteiger partial charge in [-0.2, -0.15) is 0 Å². The largest absolute Gasteiger partial charge is 0.381 e. The predicted molar refractivity (Wildman–Crippen MR) is 73.6 cm³/mol. The quantitative estimate of drug-likeness (QED) is 0.711. The molecule has 0 radical (unpaired) electrons. The first kappa shape index (κ1) is 14.3. The summed E-state index contributed by atoms with van der Waals surface area (Å²) in [6, 6.07) is 0. The summed E-state index contributed by atoms with van der Waals surface area (Å²) in [6.45, 7) is 3.60. The molecule has 2 fully saturated rings. The molecule has 0 unspecified atom stereocenters. The molecule has 106 valence electrons. The summed E-state index contributed by atoms with van der Waals surface area (Å²) in [7, 11) is 0. The van der Waals surface area contributed by atoms with Gasteiger partial charge in [-0.05, 0) is 38.0 Å². The van der Waals surface area contributed by atoms with Crippen molar-refractivity contribution < 1.29 is 9.47 Å². The molecule has 0 atom stereocenters. The Labute approximate surface area is 111 Å². The van der Waals surface area contributed by atoms with Gasteiger partial charge in [-0.15, -0.1) is 0 Å². The maximum atomic E-state index is 6.25. The lowest BCUT2D eigenvalue weighted by molar-refractivity contribution is 0.0594. The molecule has 3 heteroatoms. The van der Waals surface area contributed by atoms with Gasteiger partial charge in [-0.25, -0.2) is 0 Å². The summed E-state index contributed by atoms with van der Waals surface area (Å²) in [5.41, 5.74) is 6.25. The van der Waals surface area contributed by atoms with Crippen LogP contribution in [0.1, 0.15) is 57.8 Å². The fourth-order valence-electron chi connectivity index (χ4n) is 3.17. The SMILES string of the molecule is NC1(COCCCCC2CCOCC2)CCCC1. The summed E-state index contributed by atoms with van der Waals surface area (Å²) in [5, 5.41) is 0. The highest BCUT2D eigenvalue weighted by molar-refractivity contribution is 4.88. The first-order valence-corrected chi connectivity index (χ1v) is 7.73. The Kier molecular flexibility index (Phi) is 5.93.